The van der Waals surface area contributed by atoms with Crippen LogP contribution in [0.15, 0.2) is 53.0 Å². The van der Waals surface area contributed by atoms with Gasteiger partial charge in [-0.3, -0.25) is 4.79 Å². The van der Waals surface area contributed by atoms with Crippen molar-refractivity contribution in [2.24, 2.45) is 0 Å². The van der Waals surface area contributed by atoms with Crippen molar-refractivity contribution in [1.29, 1.82) is 0 Å². The Morgan fingerprint density at radius 3 is 2.62 bits per heavy atom. The van der Waals surface area contributed by atoms with Crippen LogP contribution in [0.2, 0.25) is 0 Å². The molecule has 0 saturated carbocycles. The Kier molecular flexibility index (Phi) is 4.41. The molecular formula is C15H13BrO5. The normalized spacial score (nSPS) is 24.7. The number of methoxy groups -OCH3 is 1. The van der Waals surface area contributed by atoms with Crippen molar-refractivity contribution in [2.75, 3.05) is 7.11 Å². The van der Waals surface area contributed by atoms with Gasteiger partial charge in [-0.2, -0.15) is 0 Å². The summed E-state index contributed by atoms with van der Waals surface area (Å²) in [6.45, 7) is 3.50. The lowest BCUT2D eigenvalue weighted by Crippen LogP contribution is -2.42. The number of aliphatic hydroxyl groups is 1. The maximum Gasteiger partial charge on any atom is 0.336 e. The van der Waals surface area contributed by atoms with Gasteiger partial charge in [-0.25, -0.2) is 4.79 Å². The molecule has 1 N–H and O–H groups in total. The molecule has 1 heterocycles. The van der Waals surface area contributed by atoms with E-state index in [9.17, 15) is 14.7 Å². The first-order valence-corrected chi connectivity index (χ1v) is 6.83. The highest BCUT2D eigenvalue weighted by atomic mass is 79.9. The highest BCUT2D eigenvalue weighted by molar-refractivity contribution is 9.10. The summed E-state index contributed by atoms with van der Waals surface area (Å²) in [7, 11) is 1.18. The van der Waals surface area contributed by atoms with E-state index in [0.29, 0.717) is 5.56 Å². The molecule has 0 spiro atoms. The fourth-order valence-corrected chi connectivity index (χ4v) is 2.16. The molecule has 110 valence electrons. The lowest BCUT2D eigenvalue weighted by Gasteiger charge is -2.32. The van der Waals surface area contributed by atoms with Crippen LogP contribution in [-0.2, 0) is 24.8 Å². The van der Waals surface area contributed by atoms with Gasteiger partial charge in [0.25, 0.3) is 0 Å². The Bertz CT molecular complexity index is 619. The summed E-state index contributed by atoms with van der Waals surface area (Å²) in [6, 6.07) is 6.74. The largest absolute Gasteiger partial charge is 0.466 e. The van der Waals surface area contributed by atoms with Crippen LogP contribution >= 0.6 is 15.9 Å². The predicted molar refractivity (Wildman–Crippen MR) is 78.2 cm³/mol. The van der Waals surface area contributed by atoms with Gasteiger partial charge in [-0.05, 0) is 24.3 Å². The molecule has 0 amide bonds. The minimum Gasteiger partial charge on any atom is -0.466 e. The standard InChI is InChI=1S/C15H13BrO5/c1-9(14(18)20-2)13-12(17)7-8-15(19,21-13)10-3-5-11(16)6-4-10/h3-8,13,19H,1H2,2H3/t13-,15-/m0/s1. The average molecular weight is 353 g/mol. The molecule has 1 aliphatic heterocycles. The maximum absolute atomic E-state index is 11.8. The van der Waals surface area contributed by atoms with Crippen molar-refractivity contribution in [3.63, 3.8) is 0 Å². The number of halogens is 1. The van der Waals surface area contributed by atoms with Crippen LogP contribution in [0, 0.1) is 0 Å². The second-order valence-electron chi connectivity index (χ2n) is 4.45. The van der Waals surface area contributed by atoms with Crippen LogP contribution in [0.3, 0.4) is 0 Å². The van der Waals surface area contributed by atoms with E-state index in [-0.39, 0.29) is 5.57 Å². The number of esters is 1. The quantitative estimate of drug-likeness (QED) is 0.663. The summed E-state index contributed by atoms with van der Waals surface area (Å²) in [4.78, 5) is 23.3. The summed E-state index contributed by atoms with van der Waals surface area (Å²) < 4.78 is 10.8. The van der Waals surface area contributed by atoms with E-state index in [4.69, 9.17) is 4.74 Å². The fourth-order valence-electron chi connectivity index (χ4n) is 1.89. The molecule has 0 unspecified atom stereocenters. The number of ketones is 1. The molecule has 2 atom stereocenters. The highest BCUT2D eigenvalue weighted by Gasteiger charge is 2.40. The second kappa shape index (κ2) is 5.93. The molecule has 2 rings (SSSR count). The number of rotatable bonds is 3. The van der Waals surface area contributed by atoms with Crippen molar-refractivity contribution in [1.82, 2.24) is 0 Å². The van der Waals surface area contributed by atoms with Crippen molar-refractivity contribution < 1.29 is 24.2 Å². The molecule has 0 fully saturated rings. The minimum absolute atomic E-state index is 0.164. The van der Waals surface area contributed by atoms with Gasteiger partial charge in [0, 0.05) is 10.0 Å². The molecule has 6 heteroatoms. The second-order valence-corrected chi connectivity index (χ2v) is 5.37. The molecule has 0 aromatic heterocycles. The average Bonchev–Trinajstić information content (AvgIpc) is 2.49. The predicted octanol–water partition coefficient (Wildman–Crippen LogP) is 1.85. The summed E-state index contributed by atoms with van der Waals surface area (Å²) in [5, 5.41) is 10.6. The Hall–Kier alpha value is -1.76. The van der Waals surface area contributed by atoms with Gasteiger partial charge in [0.2, 0.25) is 5.79 Å². The number of ether oxygens (including phenoxy) is 2. The molecule has 5 nitrogen and oxygen atoms in total. The Balaban J connectivity index is 2.33. The van der Waals surface area contributed by atoms with Gasteiger partial charge in [0.1, 0.15) is 0 Å². The zero-order valence-corrected chi connectivity index (χ0v) is 12.8. The highest BCUT2D eigenvalue weighted by Crippen LogP contribution is 2.32. The zero-order chi connectivity index (χ0) is 15.6. The monoisotopic (exact) mass is 352 g/mol. The van der Waals surface area contributed by atoms with E-state index in [2.05, 4.69) is 27.2 Å². The molecule has 0 aliphatic carbocycles. The Morgan fingerprint density at radius 1 is 1.43 bits per heavy atom. The zero-order valence-electron chi connectivity index (χ0n) is 11.2. The number of hydrogen-bond donors (Lipinski definition) is 1. The smallest absolute Gasteiger partial charge is 0.336 e. The van der Waals surface area contributed by atoms with Crippen LogP contribution in [0.25, 0.3) is 0 Å². The lowest BCUT2D eigenvalue weighted by molar-refractivity contribution is -0.203. The Morgan fingerprint density at radius 2 is 2.05 bits per heavy atom. The topological polar surface area (TPSA) is 72.8 Å². The lowest BCUT2D eigenvalue weighted by atomic mass is 9.97. The van der Waals surface area contributed by atoms with E-state index in [0.717, 1.165) is 4.47 Å². The summed E-state index contributed by atoms with van der Waals surface area (Å²) in [6.07, 6.45) is 1.13. The van der Waals surface area contributed by atoms with Crippen LogP contribution < -0.4 is 0 Å². The van der Waals surface area contributed by atoms with Crippen LogP contribution in [0.1, 0.15) is 5.56 Å². The van der Waals surface area contributed by atoms with Crippen molar-refractivity contribution in [3.8, 4) is 0 Å². The first-order valence-electron chi connectivity index (χ1n) is 6.04. The molecular weight excluding hydrogens is 340 g/mol. The van der Waals surface area contributed by atoms with E-state index in [1.807, 2.05) is 0 Å². The number of hydrogen-bond acceptors (Lipinski definition) is 5. The minimum atomic E-state index is -1.81. The summed E-state index contributed by atoms with van der Waals surface area (Å²) >= 11 is 3.29. The van der Waals surface area contributed by atoms with Gasteiger partial charge in [-0.15, -0.1) is 0 Å². The molecule has 1 aromatic carbocycles. The first kappa shape index (κ1) is 15.6. The van der Waals surface area contributed by atoms with Gasteiger partial charge >= 0.3 is 5.97 Å². The molecule has 1 aliphatic rings. The summed E-state index contributed by atoms with van der Waals surface area (Å²) in [5.74, 6) is -3.05. The molecule has 0 saturated heterocycles. The third-order valence-electron chi connectivity index (χ3n) is 3.05. The number of benzene rings is 1. The van der Waals surface area contributed by atoms with Crippen molar-refractivity contribution in [3.05, 3.63) is 58.6 Å². The van der Waals surface area contributed by atoms with Gasteiger partial charge in [0.05, 0.1) is 12.7 Å². The first-order chi connectivity index (χ1) is 9.87. The van der Waals surface area contributed by atoms with E-state index < -0.39 is 23.6 Å². The Labute approximate surface area is 130 Å². The third kappa shape index (κ3) is 3.12. The van der Waals surface area contributed by atoms with E-state index >= 15 is 0 Å². The number of carbonyl (C=O) groups excluding carboxylic acids is 2. The van der Waals surface area contributed by atoms with Gasteiger partial charge in [-0.1, -0.05) is 34.6 Å². The van der Waals surface area contributed by atoms with E-state index in [1.165, 1.54) is 19.3 Å². The maximum atomic E-state index is 11.8. The van der Waals surface area contributed by atoms with E-state index in [1.54, 1.807) is 24.3 Å². The molecule has 0 radical (unpaired) electrons. The molecule has 0 bridgehead atoms. The van der Waals surface area contributed by atoms with Gasteiger partial charge < -0.3 is 14.6 Å². The van der Waals surface area contributed by atoms with Crippen molar-refractivity contribution in [2.45, 2.75) is 11.9 Å². The summed E-state index contributed by atoms with van der Waals surface area (Å²) in [5.41, 5.74) is 0.263. The van der Waals surface area contributed by atoms with Crippen LogP contribution in [0.5, 0.6) is 0 Å². The van der Waals surface area contributed by atoms with Crippen LogP contribution in [0.4, 0.5) is 0 Å². The number of carbonyl (C=O) groups is 2. The third-order valence-corrected chi connectivity index (χ3v) is 3.58. The molecule has 21 heavy (non-hydrogen) atoms. The SMILES string of the molecule is C=C(C(=O)OC)[C@@H]1O[C@](O)(c2ccc(Br)cc2)C=CC1=O. The van der Waals surface area contributed by atoms with Gasteiger partial charge in [0.15, 0.2) is 11.9 Å². The fraction of sp³-hybridized carbons (Fsp3) is 0.200. The van der Waals surface area contributed by atoms with Crippen molar-refractivity contribution >= 4 is 27.7 Å². The van der Waals surface area contributed by atoms with Crippen LogP contribution in [-0.4, -0.2) is 30.1 Å². The molecule has 1 aromatic rings.